The van der Waals surface area contributed by atoms with Crippen LogP contribution in [0.4, 0.5) is 0 Å². The molecule has 1 atom stereocenters. The summed E-state index contributed by atoms with van der Waals surface area (Å²) in [6.45, 7) is 2.82. The average Bonchev–Trinajstić information content (AvgIpc) is 3.05. The van der Waals surface area contributed by atoms with E-state index in [1.165, 1.54) is 0 Å². The molecule has 0 radical (unpaired) electrons. The van der Waals surface area contributed by atoms with Gasteiger partial charge in [0.25, 0.3) is 5.91 Å². The maximum absolute atomic E-state index is 12.3. The third kappa shape index (κ3) is 4.44. The fourth-order valence-corrected chi connectivity index (χ4v) is 3.05. The van der Waals surface area contributed by atoms with Gasteiger partial charge < -0.3 is 10.4 Å². The van der Waals surface area contributed by atoms with Crippen LogP contribution in [0.1, 0.15) is 33.5 Å². The molecular weight excluding hydrogens is 314 g/mol. The molecule has 25 heavy (non-hydrogen) atoms. The first kappa shape index (κ1) is 17.2. The molecule has 0 spiro atoms. The van der Waals surface area contributed by atoms with Gasteiger partial charge >= 0.3 is 0 Å². The molecule has 3 rings (SSSR count). The highest BCUT2D eigenvalue weighted by Crippen LogP contribution is 2.16. The Hall–Kier alpha value is -2.68. The minimum Gasteiger partial charge on any atom is -0.392 e. The van der Waals surface area contributed by atoms with Crippen molar-refractivity contribution in [1.82, 2.24) is 10.2 Å². The molecule has 0 saturated carbocycles. The van der Waals surface area contributed by atoms with Crippen LogP contribution in [-0.4, -0.2) is 35.1 Å². The molecule has 1 aliphatic rings. The molecule has 128 valence electrons. The summed E-state index contributed by atoms with van der Waals surface area (Å²) in [7, 11) is 0. The summed E-state index contributed by atoms with van der Waals surface area (Å²) in [6, 6.07) is 16.7. The summed E-state index contributed by atoms with van der Waals surface area (Å²) < 4.78 is 0. The van der Waals surface area contributed by atoms with E-state index in [4.69, 9.17) is 5.26 Å². The number of nitrogens with one attached hydrogen (secondary N) is 1. The van der Waals surface area contributed by atoms with Crippen molar-refractivity contribution in [2.45, 2.75) is 25.6 Å². The third-order valence-electron chi connectivity index (χ3n) is 4.48. The lowest BCUT2D eigenvalue weighted by Gasteiger charge is -2.18. The Balaban J connectivity index is 1.62. The SMILES string of the molecule is N#Cc1ccc(C(=O)NCc2ccccc2CN2CC[C@@H](O)C2)cc1. The number of benzene rings is 2. The highest BCUT2D eigenvalue weighted by Gasteiger charge is 2.20. The molecule has 1 saturated heterocycles. The molecule has 1 aliphatic heterocycles. The maximum atomic E-state index is 12.3. The number of likely N-dealkylation sites (tertiary alicyclic amines) is 1. The molecule has 2 aromatic rings. The first-order valence-corrected chi connectivity index (χ1v) is 8.41. The Bertz CT molecular complexity index is 780. The predicted octanol–water partition coefficient (Wildman–Crippen LogP) is 2.05. The van der Waals surface area contributed by atoms with E-state index < -0.39 is 0 Å². The highest BCUT2D eigenvalue weighted by molar-refractivity contribution is 5.94. The summed E-state index contributed by atoms with van der Waals surface area (Å²) in [5.41, 5.74) is 3.32. The van der Waals surface area contributed by atoms with Crippen molar-refractivity contribution in [1.29, 1.82) is 5.26 Å². The van der Waals surface area contributed by atoms with Crippen LogP contribution >= 0.6 is 0 Å². The van der Waals surface area contributed by atoms with E-state index in [2.05, 4.69) is 16.3 Å². The Morgan fingerprint density at radius 2 is 1.92 bits per heavy atom. The Kier molecular flexibility index (Phi) is 5.44. The van der Waals surface area contributed by atoms with E-state index in [-0.39, 0.29) is 12.0 Å². The number of carbonyl (C=O) groups is 1. The fraction of sp³-hybridized carbons (Fsp3) is 0.300. The predicted molar refractivity (Wildman–Crippen MR) is 94.7 cm³/mol. The minimum absolute atomic E-state index is 0.157. The van der Waals surface area contributed by atoms with Crippen LogP contribution in [0.15, 0.2) is 48.5 Å². The van der Waals surface area contributed by atoms with Crippen molar-refractivity contribution in [2.75, 3.05) is 13.1 Å². The van der Waals surface area contributed by atoms with Gasteiger partial charge in [0.05, 0.1) is 17.7 Å². The second kappa shape index (κ2) is 7.93. The van der Waals surface area contributed by atoms with Crippen LogP contribution in [0.25, 0.3) is 0 Å². The van der Waals surface area contributed by atoms with Crippen LogP contribution in [-0.2, 0) is 13.1 Å². The Morgan fingerprint density at radius 3 is 2.56 bits per heavy atom. The number of rotatable bonds is 5. The molecule has 1 fully saturated rings. The zero-order chi connectivity index (χ0) is 17.6. The molecule has 1 amide bonds. The number of nitriles is 1. The van der Waals surface area contributed by atoms with Gasteiger partial charge in [-0.1, -0.05) is 24.3 Å². The third-order valence-corrected chi connectivity index (χ3v) is 4.48. The Labute approximate surface area is 147 Å². The molecule has 5 nitrogen and oxygen atoms in total. The molecule has 2 N–H and O–H groups in total. The number of hydrogen-bond acceptors (Lipinski definition) is 4. The van der Waals surface area contributed by atoms with Gasteiger partial charge in [-0.05, 0) is 41.8 Å². The number of carbonyl (C=O) groups excluding carboxylic acids is 1. The highest BCUT2D eigenvalue weighted by atomic mass is 16.3. The number of amides is 1. The number of nitrogens with zero attached hydrogens (tertiary/aromatic N) is 2. The monoisotopic (exact) mass is 335 g/mol. The lowest BCUT2D eigenvalue weighted by Crippen LogP contribution is -2.25. The van der Waals surface area contributed by atoms with Gasteiger partial charge in [-0.3, -0.25) is 9.69 Å². The van der Waals surface area contributed by atoms with Crippen LogP contribution in [0.3, 0.4) is 0 Å². The standard InChI is InChI=1S/C20H21N3O2/c21-11-15-5-7-16(8-6-15)20(25)22-12-17-3-1-2-4-18(17)13-23-10-9-19(24)14-23/h1-8,19,24H,9-10,12-14H2,(H,22,25)/t19-/m1/s1. The van der Waals surface area contributed by atoms with Crippen LogP contribution in [0, 0.1) is 11.3 Å². The van der Waals surface area contributed by atoms with Gasteiger partial charge in [-0.25, -0.2) is 0 Å². The van der Waals surface area contributed by atoms with E-state index in [0.717, 1.165) is 30.6 Å². The van der Waals surface area contributed by atoms with Gasteiger partial charge in [0, 0.05) is 31.7 Å². The maximum Gasteiger partial charge on any atom is 0.251 e. The van der Waals surface area contributed by atoms with Crippen LogP contribution in [0.5, 0.6) is 0 Å². The normalized spacial score (nSPS) is 17.2. The van der Waals surface area contributed by atoms with Crippen LogP contribution < -0.4 is 5.32 Å². The van der Waals surface area contributed by atoms with Crippen molar-refractivity contribution in [3.05, 3.63) is 70.8 Å². The minimum atomic E-state index is -0.233. The first-order valence-electron chi connectivity index (χ1n) is 8.41. The lowest BCUT2D eigenvalue weighted by molar-refractivity contribution is 0.0951. The van der Waals surface area contributed by atoms with Gasteiger partial charge in [0.15, 0.2) is 0 Å². The van der Waals surface area contributed by atoms with Crippen molar-refractivity contribution >= 4 is 5.91 Å². The van der Waals surface area contributed by atoms with E-state index >= 15 is 0 Å². The summed E-state index contributed by atoms with van der Waals surface area (Å²) in [5, 5.41) is 21.4. The quantitative estimate of drug-likeness (QED) is 0.877. The number of hydrogen-bond donors (Lipinski definition) is 2. The summed E-state index contributed by atoms with van der Waals surface area (Å²) in [4.78, 5) is 14.5. The van der Waals surface area contributed by atoms with Gasteiger partial charge in [-0.2, -0.15) is 5.26 Å². The molecule has 0 aromatic heterocycles. The summed E-state index contributed by atoms with van der Waals surface area (Å²) >= 11 is 0. The van der Waals surface area contributed by atoms with E-state index in [0.29, 0.717) is 24.2 Å². The van der Waals surface area contributed by atoms with E-state index in [9.17, 15) is 9.90 Å². The topological polar surface area (TPSA) is 76.4 Å². The Morgan fingerprint density at radius 1 is 1.20 bits per heavy atom. The second-order valence-electron chi connectivity index (χ2n) is 6.32. The number of β-amino-alcohol motifs (C(OH)–C–C–N with tert-alkyl or cyclic N) is 1. The van der Waals surface area contributed by atoms with Gasteiger partial charge in [-0.15, -0.1) is 0 Å². The fourth-order valence-electron chi connectivity index (χ4n) is 3.05. The average molecular weight is 335 g/mol. The van der Waals surface area contributed by atoms with Crippen LogP contribution in [0.2, 0.25) is 0 Å². The molecule has 2 aromatic carbocycles. The number of aliphatic hydroxyl groups is 1. The summed E-state index contributed by atoms with van der Waals surface area (Å²) in [5.74, 6) is -0.157. The zero-order valence-corrected chi connectivity index (χ0v) is 14.0. The van der Waals surface area contributed by atoms with E-state index in [1.54, 1.807) is 24.3 Å². The molecular formula is C20H21N3O2. The largest absolute Gasteiger partial charge is 0.392 e. The molecule has 5 heteroatoms. The van der Waals surface area contributed by atoms with E-state index in [1.807, 2.05) is 24.3 Å². The first-order chi connectivity index (χ1) is 12.2. The van der Waals surface area contributed by atoms with Crippen molar-refractivity contribution in [3.63, 3.8) is 0 Å². The van der Waals surface area contributed by atoms with Crippen molar-refractivity contribution < 1.29 is 9.90 Å². The molecule has 0 aliphatic carbocycles. The molecule has 1 heterocycles. The summed E-state index contributed by atoms with van der Waals surface area (Å²) in [6.07, 6.45) is 0.584. The zero-order valence-electron chi connectivity index (χ0n) is 14.0. The molecule has 0 bridgehead atoms. The second-order valence-corrected chi connectivity index (χ2v) is 6.32. The number of aliphatic hydroxyl groups excluding tert-OH is 1. The van der Waals surface area contributed by atoms with Crippen molar-refractivity contribution in [2.24, 2.45) is 0 Å². The van der Waals surface area contributed by atoms with Gasteiger partial charge in [0.1, 0.15) is 0 Å². The smallest absolute Gasteiger partial charge is 0.251 e. The van der Waals surface area contributed by atoms with Crippen molar-refractivity contribution in [3.8, 4) is 6.07 Å². The molecule has 0 unspecified atom stereocenters. The lowest BCUT2D eigenvalue weighted by atomic mass is 10.1. The van der Waals surface area contributed by atoms with Gasteiger partial charge in [0.2, 0.25) is 0 Å².